The van der Waals surface area contributed by atoms with Crippen molar-refractivity contribution in [2.24, 2.45) is 0 Å². The molecule has 1 heterocycles. The van der Waals surface area contributed by atoms with Gasteiger partial charge in [-0.25, -0.2) is 0 Å². The van der Waals surface area contributed by atoms with E-state index in [2.05, 4.69) is 20.6 Å². The normalized spacial score (nSPS) is 14.1. The van der Waals surface area contributed by atoms with Crippen LogP contribution in [0.3, 0.4) is 0 Å². The summed E-state index contributed by atoms with van der Waals surface area (Å²) in [5.41, 5.74) is 3.10. The Bertz CT molecular complexity index is 871. The minimum atomic E-state index is 0.465. The Kier molecular flexibility index (Phi) is 4.98. The Labute approximate surface area is 161 Å². The molecule has 1 saturated carbocycles. The molecule has 0 saturated heterocycles. The summed E-state index contributed by atoms with van der Waals surface area (Å²) in [6, 6.07) is 18.4. The molecule has 2 aromatic carbocycles. The van der Waals surface area contributed by atoms with Gasteiger partial charge in [0.2, 0.25) is 0 Å². The van der Waals surface area contributed by atoms with Gasteiger partial charge in [-0.15, -0.1) is 0 Å². The molecule has 1 fully saturated rings. The monoisotopic (exact) mass is 412 g/mol. The van der Waals surface area contributed by atoms with Gasteiger partial charge >= 0.3 is 0 Å². The van der Waals surface area contributed by atoms with Crippen molar-refractivity contribution in [3.8, 4) is 22.8 Å². The van der Waals surface area contributed by atoms with E-state index in [-0.39, 0.29) is 0 Å². The molecule has 134 valence electrons. The first-order chi connectivity index (χ1) is 12.8. The lowest BCUT2D eigenvalue weighted by Gasteiger charge is -2.27. The first-order valence-corrected chi connectivity index (χ1v) is 9.64. The predicted molar refractivity (Wildman–Crippen MR) is 106 cm³/mol. The van der Waals surface area contributed by atoms with Crippen molar-refractivity contribution in [1.82, 2.24) is 9.78 Å². The van der Waals surface area contributed by atoms with Crippen LogP contribution in [0.4, 0.5) is 0 Å². The average Bonchev–Trinajstić information content (AvgIpc) is 2.96. The number of hydrogen-bond acceptors (Lipinski definition) is 3. The van der Waals surface area contributed by atoms with E-state index in [1.807, 2.05) is 54.6 Å². The fraction of sp³-hybridized carbons (Fsp3) is 0.286. The van der Waals surface area contributed by atoms with Gasteiger partial charge in [0.1, 0.15) is 23.8 Å². The third-order valence-electron chi connectivity index (χ3n) is 4.85. The van der Waals surface area contributed by atoms with Gasteiger partial charge in [0, 0.05) is 5.56 Å². The minimum Gasteiger partial charge on any atom is -0.497 e. The van der Waals surface area contributed by atoms with Crippen LogP contribution in [-0.4, -0.2) is 16.9 Å². The number of rotatable bonds is 6. The Morgan fingerprint density at radius 3 is 2.38 bits per heavy atom. The molecule has 0 bridgehead atoms. The fourth-order valence-electron chi connectivity index (χ4n) is 3.11. The molecule has 0 N–H and O–H groups in total. The van der Waals surface area contributed by atoms with Gasteiger partial charge in [-0.1, -0.05) is 18.2 Å². The zero-order valence-corrected chi connectivity index (χ0v) is 16.3. The highest BCUT2D eigenvalue weighted by molar-refractivity contribution is 9.10. The van der Waals surface area contributed by atoms with E-state index in [1.165, 1.54) is 19.3 Å². The second-order valence-corrected chi connectivity index (χ2v) is 7.26. The summed E-state index contributed by atoms with van der Waals surface area (Å²) in [7, 11) is 1.68. The topological polar surface area (TPSA) is 36.3 Å². The van der Waals surface area contributed by atoms with Gasteiger partial charge in [-0.3, -0.25) is 4.68 Å². The molecule has 0 unspecified atom stereocenters. The van der Waals surface area contributed by atoms with Gasteiger partial charge < -0.3 is 9.47 Å². The lowest BCUT2D eigenvalue weighted by atomic mass is 9.93. The Hall–Kier alpha value is -2.27. The van der Waals surface area contributed by atoms with E-state index in [9.17, 15) is 0 Å². The fourth-order valence-corrected chi connectivity index (χ4v) is 3.72. The Morgan fingerprint density at radius 1 is 1.04 bits per heavy atom. The van der Waals surface area contributed by atoms with Crippen molar-refractivity contribution < 1.29 is 9.47 Å². The Balaban J connectivity index is 1.66. The SMILES string of the molecule is COc1ccc(-c2nn(C3CCC3)c(COc3ccccc3)c2Br)cc1. The van der Waals surface area contributed by atoms with Crippen LogP contribution in [0.15, 0.2) is 59.1 Å². The summed E-state index contributed by atoms with van der Waals surface area (Å²) in [5, 5.41) is 4.92. The molecule has 1 aromatic heterocycles. The maximum absolute atomic E-state index is 6.01. The van der Waals surface area contributed by atoms with E-state index in [4.69, 9.17) is 14.6 Å². The standard InChI is InChI=1S/C21H21BrN2O2/c1-25-17-12-10-15(11-13-17)21-20(22)19(24(23-21)16-6-5-7-16)14-26-18-8-3-2-4-9-18/h2-4,8-13,16H,5-7,14H2,1H3. The number of halogens is 1. The smallest absolute Gasteiger partial charge is 0.131 e. The molecule has 26 heavy (non-hydrogen) atoms. The second-order valence-electron chi connectivity index (χ2n) is 6.47. The van der Waals surface area contributed by atoms with Crippen LogP contribution >= 0.6 is 15.9 Å². The summed E-state index contributed by atoms with van der Waals surface area (Å²) in [6.45, 7) is 0.490. The van der Waals surface area contributed by atoms with Crippen LogP contribution in [-0.2, 0) is 6.61 Å². The molecule has 4 rings (SSSR count). The Morgan fingerprint density at radius 2 is 1.77 bits per heavy atom. The number of para-hydroxylation sites is 1. The molecule has 0 amide bonds. The molecule has 1 aliphatic rings. The summed E-state index contributed by atoms with van der Waals surface area (Å²) in [4.78, 5) is 0. The van der Waals surface area contributed by atoms with Crippen LogP contribution in [0.2, 0.25) is 0 Å². The number of nitrogens with zero attached hydrogens (tertiary/aromatic N) is 2. The zero-order valence-electron chi connectivity index (χ0n) is 14.7. The third kappa shape index (κ3) is 3.36. The number of methoxy groups -OCH3 is 1. The minimum absolute atomic E-state index is 0.465. The summed E-state index contributed by atoms with van der Waals surface area (Å²) in [6.07, 6.45) is 3.61. The molecule has 0 atom stereocenters. The van der Waals surface area contributed by atoms with E-state index in [1.54, 1.807) is 7.11 Å². The molecule has 0 spiro atoms. The number of aromatic nitrogens is 2. The molecular formula is C21H21BrN2O2. The molecule has 0 aliphatic heterocycles. The maximum atomic E-state index is 6.01. The van der Waals surface area contributed by atoms with Crippen molar-refractivity contribution in [3.05, 3.63) is 64.8 Å². The quantitative estimate of drug-likeness (QED) is 0.526. The van der Waals surface area contributed by atoms with Crippen LogP contribution in [0.5, 0.6) is 11.5 Å². The molecule has 5 heteroatoms. The van der Waals surface area contributed by atoms with E-state index < -0.39 is 0 Å². The molecule has 1 aliphatic carbocycles. The first kappa shape index (κ1) is 17.2. The average molecular weight is 413 g/mol. The van der Waals surface area contributed by atoms with Gasteiger partial charge in [-0.05, 0) is 71.6 Å². The van der Waals surface area contributed by atoms with E-state index in [0.717, 1.165) is 32.9 Å². The molecule has 3 aromatic rings. The number of benzene rings is 2. The second kappa shape index (κ2) is 7.54. The number of ether oxygens (including phenoxy) is 2. The summed E-state index contributed by atoms with van der Waals surface area (Å²) >= 11 is 3.77. The largest absolute Gasteiger partial charge is 0.497 e. The lowest BCUT2D eigenvalue weighted by Crippen LogP contribution is -2.21. The summed E-state index contributed by atoms with van der Waals surface area (Å²) < 4.78 is 14.4. The van der Waals surface area contributed by atoms with Gasteiger partial charge in [0.25, 0.3) is 0 Å². The lowest BCUT2D eigenvalue weighted by molar-refractivity contribution is 0.246. The highest BCUT2D eigenvalue weighted by atomic mass is 79.9. The van der Waals surface area contributed by atoms with E-state index in [0.29, 0.717) is 12.6 Å². The van der Waals surface area contributed by atoms with Crippen LogP contribution in [0.25, 0.3) is 11.3 Å². The summed E-state index contributed by atoms with van der Waals surface area (Å²) in [5.74, 6) is 1.71. The zero-order chi connectivity index (χ0) is 17.9. The van der Waals surface area contributed by atoms with Crippen molar-refractivity contribution in [2.75, 3.05) is 7.11 Å². The number of hydrogen-bond donors (Lipinski definition) is 0. The predicted octanol–water partition coefficient (Wildman–Crippen LogP) is 5.63. The van der Waals surface area contributed by atoms with Gasteiger partial charge in [0.05, 0.1) is 23.3 Å². The van der Waals surface area contributed by atoms with Crippen molar-refractivity contribution in [1.29, 1.82) is 0 Å². The van der Waals surface area contributed by atoms with Crippen LogP contribution < -0.4 is 9.47 Å². The molecule has 4 nitrogen and oxygen atoms in total. The van der Waals surface area contributed by atoms with Gasteiger partial charge in [-0.2, -0.15) is 5.10 Å². The van der Waals surface area contributed by atoms with E-state index >= 15 is 0 Å². The van der Waals surface area contributed by atoms with Crippen LogP contribution in [0, 0.1) is 0 Å². The third-order valence-corrected chi connectivity index (χ3v) is 5.68. The van der Waals surface area contributed by atoms with Crippen molar-refractivity contribution >= 4 is 15.9 Å². The van der Waals surface area contributed by atoms with Crippen molar-refractivity contribution in [3.63, 3.8) is 0 Å². The maximum Gasteiger partial charge on any atom is 0.131 e. The highest BCUT2D eigenvalue weighted by Gasteiger charge is 2.27. The van der Waals surface area contributed by atoms with Crippen molar-refractivity contribution in [2.45, 2.75) is 31.9 Å². The molecule has 0 radical (unpaired) electrons. The van der Waals surface area contributed by atoms with Gasteiger partial charge in [0.15, 0.2) is 0 Å². The first-order valence-electron chi connectivity index (χ1n) is 8.85. The highest BCUT2D eigenvalue weighted by Crippen LogP contribution is 2.38. The molecular weight excluding hydrogens is 392 g/mol. The van der Waals surface area contributed by atoms with Crippen LogP contribution in [0.1, 0.15) is 31.0 Å².